The van der Waals surface area contributed by atoms with Gasteiger partial charge in [0, 0.05) is 0 Å². The molecule has 0 aliphatic heterocycles. The number of benzene rings is 1. The molecule has 1 aliphatic rings. The van der Waals surface area contributed by atoms with Gasteiger partial charge < -0.3 is 4.74 Å². The third-order valence-corrected chi connectivity index (χ3v) is 6.01. The quantitative estimate of drug-likeness (QED) is 0.937. The lowest BCUT2D eigenvalue weighted by Gasteiger charge is -2.13. The van der Waals surface area contributed by atoms with Gasteiger partial charge in [-0.2, -0.15) is 0 Å². The van der Waals surface area contributed by atoms with E-state index in [2.05, 4.69) is 0 Å². The van der Waals surface area contributed by atoms with Gasteiger partial charge in [0.2, 0.25) is 10.0 Å². The molecule has 21 heavy (non-hydrogen) atoms. The second kappa shape index (κ2) is 5.79. The molecule has 1 aromatic heterocycles. The van der Waals surface area contributed by atoms with Crippen molar-refractivity contribution in [1.82, 2.24) is 0 Å². The average Bonchev–Trinajstić information content (AvgIpc) is 3.09. The fraction of sp³-hybridized carbons (Fsp3) is 0.333. The summed E-state index contributed by atoms with van der Waals surface area (Å²) in [5.41, 5.74) is 1.79. The summed E-state index contributed by atoms with van der Waals surface area (Å²) in [6, 6.07) is 9.36. The van der Waals surface area contributed by atoms with E-state index in [4.69, 9.17) is 9.88 Å². The van der Waals surface area contributed by atoms with Gasteiger partial charge in [-0.15, -0.1) is 11.3 Å². The van der Waals surface area contributed by atoms with Crippen LogP contribution in [0.25, 0.3) is 11.1 Å². The molecular formula is C15H17NO3S2. The molecule has 0 bridgehead atoms. The first kappa shape index (κ1) is 14.6. The fourth-order valence-corrected chi connectivity index (χ4v) is 4.18. The van der Waals surface area contributed by atoms with E-state index in [1.54, 1.807) is 11.4 Å². The number of primary sulfonamides is 1. The van der Waals surface area contributed by atoms with E-state index < -0.39 is 10.0 Å². The van der Waals surface area contributed by atoms with Crippen LogP contribution in [0, 0.1) is 0 Å². The summed E-state index contributed by atoms with van der Waals surface area (Å²) in [4.78, 5) is 0. The Balaban J connectivity index is 1.83. The van der Waals surface area contributed by atoms with Gasteiger partial charge in [-0.3, -0.25) is 0 Å². The fourth-order valence-electron chi connectivity index (χ4n) is 2.56. The summed E-state index contributed by atoms with van der Waals surface area (Å²) in [6.45, 7) is 0. The molecule has 1 heterocycles. The Kier molecular flexibility index (Phi) is 4.01. The molecule has 0 atom stereocenters. The number of ether oxygens (including phenoxy) is 1. The molecule has 1 fully saturated rings. The molecule has 1 saturated carbocycles. The smallest absolute Gasteiger partial charge is 0.247 e. The molecule has 6 heteroatoms. The maximum Gasteiger partial charge on any atom is 0.247 e. The SMILES string of the molecule is NS(=O)(=O)c1cc(-c2cccc(OC3CCCC3)c2)cs1. The highest BCUT2D eigenvalue weighted by Crippen LogP contribution is 2.31. The van der Waals surface area contributed by atoms with Crippen LogP contribution in [-0.4, -0.2) is 14.5 Å². The van der Waals surface area contributed by atoms with Crippen LogP contribution in [0.3, 0.4) is 0 Å². The second-order valence-corrected chi connectivity index (χ2v) is 7.95. The number of hydrogen-bond acceptors (Lipinski definition) is 4. The van der Waals surface area contributed by atoms with E-state index >= 15 is 0 Å². The van der Waals surface area contributed by atoms with Gasteiger partial charge in [0.1, 0.15) is 9.96 Å². The van der Waals surface area contributed by atoms with Gasteiger partial charge in [0.25, 0.3) is 0 Å². The predicted octanol–water partition coefficient (Wildman–Crippen LogP) is 3.38. The standard InChI is InChI=1S/C15H17NO3S2/c16-21(17,18)15-9-12(10-20-15)11-4-3-7-14(8-11)19-13-5-1-2-6-13/h3-4,7-10,13H,1-2,5-6H2,(H2,16,17,18). The molecule has 4 nitrogen and oxygen atoms in total. The lowest BCUT2D eigenvalue weighted by atomic mass is 10.1. The van der Waals surface area contributed by atoms with Crippen LogP contribution in [0.1, 0.15) is 25.7 Å². The zero-order chi connectivity index (χ0) is 14.9. The van der Waals surface area contributed by atoms with Crippen LogP contribution in [0.2, 0.25) is 0 Å². The summed E-state index contributed by atoms with van der Waals surface area (Å²) in [6.07, 6.45) is 4.98. The monoisotopic (exact) mass is 323 g/mol. The van der Waals surface area contributed by atoms with E-state index in [-0.39, 0.29) is 4.21 Å². The van der Waals surface area contributed by atoms with Gasteiger partial charge in [-0.25, -0.2) is 13.6 Å². The van der Waals surface area contributed by atoms with Crippen molar-refractivity contribution in [2.24, 2.45) is 5.14 Å². The summed E-state index contributed by atoms with van der Waals surface area (Å²) < 4.78 is 28.8. The minimum absolute atomic E-state index is 0.180. The van der Waals surface area contributed by atoms with Crippen molar-refractivity contribution in [2.75, 3.05) is 0 Å². The minimum atomic E-state index is -3.63. The number of hydrogen-bond donors (Lipinski definition) is 1. The zero-order valence-electron chi connectivity index (χ0n) is 11.5. The average molecular weight is 323 g/mol. The lowest BCUT2D eigenvalue weighted by Crippen LogP contribution is -2.10. The Morgan fingerprint density at radius 2 is 1.90 bits per heavy atom. The topological polar surface area (TPSA) is 69.4 Å². The van der Waals surface area contributed by atoms with Crippen molar-refractivity contribution < 1.29 is 13.2 Å². The molecule has 1 aromatic carbocycles. The summed E-state index contributed by atoms with van der Waals surface area (Å²) in [5.74, 6) is 0.836. The van der Waals surface area contributed by atoms with Crippen LogP contribution in [-0.2, 0) is 10.0 Å². The van der Waals surface area contributed by atoms with Crippen molar-refractivity contribution in [3.8, 4) is 16.9 Å². The first-order valence-corrected chi connectivity index (χ1v) is 9.33. The highest BCUT2D eigenvalue weighted by molar-refractivity contribution is 7.91. The molecule has 0 unspecified atom stereocenters. The van der Waals surface area contributed by atoms with Crippen molar-refractivity contribution in [3.63, 3.8) is 0 Å². The van der Waals surface area contributed by atoms with Crippen molar-refractivity contribution in [1.29, 1.82) is 0 Å². The van der Waals surface area contributed by atoms with E-state index in [0.29, 0.717) is 6.10 Å². The highest BCUT2D eigenvalue weighted by atomic mass is 32.2. The molecule has 0 spiro atoms. The van der Waals surface area contributed by atoms with Crippen LogP contribution >= 0.6 is 11.3 Å². The maximum atomic E-state index is 11.3. The molecule has 0 radical (unpaired) electrons. The molecule has 1 aliphatic carbocycles. The van der Waals surface area contributed by atoms with E-state index in [1.807, 2.05) is 24.3 Å². The van der Waals surface area contributed by atoms with Crippen LogP contribution in [0.4, 0.5) is 0 Å². The minimum Gasteiger partial charge on any atom is -0.490 e. The first-order valence-electron chi connectivity index (χ1n) is 6.91. The van der Waals surface area contributed by atoms with Crippen LogP contribution < -0.4 is 9.88 Å². The van der Waals surface area contributed by atoms with Crippen molar-refractivity contribution in [3.05, 3.63) is 35.7 Å². The Morgan fingerprint density at radius 1 is 1.14 bits per heavy atom. The van der Waals surface area contributed by atoms with E-state index in [9.17, 15) is 8.42 Å². The van der Waals surface area contributed by atoms with Gasteiger partial charge >= 0.3 is 0 Å². The lowest BCUT2D eigenvalue weighted by molar-refractivity contribution is 0.210. The van der Waals surface area contributed by atoms with Crippen molar-refractivity contribution in [2.45, 2.75) is 36.0 Å². The van der Waals surface area contributed by atoms with Gasteiger partial charge in [0.15, 0.2) is 0 Å². The maximum absolute atomic E-state index is 11.3. The second-order valence-electron chi connectivity index (χ2n) is 5.25. The van der Waals surface area contributed by atoms with Gasteiger partial charge in [0.05, 0.1) is 6.10 Å². The van der Waals surface area contributed by atoms with E-state index in [1.165, 1.54) is 12.8 Å². The third-order valence-electron chi connectivity index (χ3n) is 3.63. The summed E-state index contributed by atoms with van der Waals surface area (Å²) >= 11 is 1.14. The Bertz CT molecular complexity index is 731. The summed E-state index contributed by atoms with van der Waals surface area (Å²) in [5, 5.41) is 6.94. The number of sulfonamides is 1. The van der Waals surface area contributed by atoms with Crippen molar-refractivity contribution >= 4 is 21.4 Å². The van der Waals surface area contributed by atoms with Crippen LogP contribution in [0.5, 0.6) is 5.75 Å². The Morgan fingerprint density at radius 3 is 2.57 bits per heavy atom. The molecule has 0 saturated heterocycles. The van der Waals surface area contributed by atoms with Crippen LogP contribution in [0.15, 0.2) is 39.9 Å². The Labute approximate surface area is 128 Å². The number of nitrogens with two attached hydrogens (primary N) is 1. The summed E-state index contributed by atoms with van der Waals surface area (Å²) in [7, 11) is -3.63. The van der Waals surface area contributed by atoms with E-state index in [0.717, 1.165) is 41.1 Å². The molecule has 0 amide bonds. The first-order chi connectivity index (χ1) is 10.0. The predicted molar refractivity (Wildman–Crippen MR) is 84.0 cm³/mol. The normalized spacial score (nSPS) is 16.2. The number of rotatable bonds is 4. The van der Waals surface area contributed by atoms with Gasteiger partial charge in [-0.1, -0.05) is 12.1 Å². The highest BCUT2D eigenvalue weighted by Gasteiger charge is 2.17. The molecular weight excluding hydrogens is 306 g/mol. The largest absolute Gasteiger partial charge is 0.490 e. The zero-order valence-corrected chi connectivity index (χ0v) is 13.1. The molecule has 112 valence electrons. The Hall–Kier alpha value is -1.37. The number of thiophene rings is 1. The molecule has 2 N–H and O–H groups in total. The third kappa shape index (κ3) is 3.45. The molecule has 3 rings (SSSR count). The molecule has 2 aromatic rings. The van der Waals surface area contributed by atoms with Gasteiger partial charge in [-0.05, 0) is 60.4 Å².